The average Bonchev–Trinajstić information content (AvgIpc) is 2.16. The molecule has 2 nitrogen and oxygen atoms in total. The van der Waals surface area contributed by atoms with Crippen molar-refractivity contribution in [2.45, 2.75) is 51.6 Å². The standard InChI is InChI=1S/C14H22N2/c1-14(2,3)16-13-7-5-10-8-12(15)6-4-11(10)9-13/h4,6,8,13,16H,5,7,9,15H2,1-3H3. The lowest BCUT2D eigenvalue weighted by Crippen LogP contribution is -2.46. The molecule has 0 fully saturated rings. The first kappa shape index (κ1) is 11.5. The number of fused-ring (bicyclic) bond motifs is 1. The van der Waals surface area contributed by atoms with Gasteiger partial charge in [0.2, 0.25) is 0 Å². The number of hydrogen-bond donors (Lipinski definition) is 2. The van der Waals surface area contributed by atoms with Crippen molar-refractivity contribution in [3.8, 4) is 0 Å². The van der Waals surface area contributed by atoms with Crippen molar-refractivity contribution in [3.05, 3.63) is 29.3 Å². The number of aryl methyl sites for hydroxylation is 1. The van der Waals surface area contributed by atoms with Gasteiger partial charge in [-0.15, -0.1) is 0 Å². The average molecular weight is 218 g/mol. The van der Waals surface area contributed by atoms with Crippen molar-refractivity contribution in [2.24, 2.45) is 0 Å². The summed E-state index contributed by atoms with van der Waals surface area (Å²) in [7, 11) is 0. The van der Waals surface area contributed by atoms with Crippen LogP contribution in [-0.4, -0.2) is 11.6 Å². The number of rotatable bonds is 1. The van der Waals surface area contributed by atoms with Crippen molar-refractivity contribution < 1.29 is 0 Å². The number of nitrogen functional groups attached to an aromatic ring is 1. The molecule has 1 aliphatic carbocycles. The van der Waals surface area contributed by atoms with Gasteiger partial charge >= 0.3 is 0 Å². The summed E-state index contributed by atoms with van der Waals surface area (Å²) >= 11 is 0. The van der Waals surface area contributed by atoms with Crippen molar-refractivity contribution >= 4 is 5.69 Å². The molecule has 0 radical (unpaired) electrons. The van der Waals surface area contributed by atoms with E-state index in [9.17, 15) is 0 Å². The highest BCUT2D eigenvalue weighted by molar-refractivity contribution is 5.46. The summed E-state index contributed by atoms with van der Waals surface area (Å²) in [5, 5.41) is 3.68. The van der Waals surface area contributed by atoms with E-state index in [1.54, 1.807) is 0 Å². The Morgan fingerprint density at radius 1 is 1.25 bits per heavy atom. The summed E-state index contributed by atoms with van der Waals surface area (Å²) in [6, 6.07) is 6.93. The van der Waals surface area contributed by atoms with Gasteiger partial charge in [-0.3, -0.25) is 0 Å². The first-order valence-corrected chi connectivity index (χ1v) is 6.09. The van der Waals surface area contributed by atoms with Crippen LogP contribution in [0, 0.1) is 0 Å². The number of nitrogens with two attached hydrogens (primary N) is 1. The van der Waals surface area contributed by atoms with Crippen LogP contribution in [0.2, 0.25) is 0 Å². The maximum absolute atomic E-state index is 5.80. The van der Waals surface area contributed by atoms with Gasteiger partial charge in [0.25, 0.3) is 0 Å². The summed E-state index contributed by atoms with van der Waals surface area (Å²) in [6.07, 6.45) is 3.49. The number of benzene rings is 1. The molecule has 0 saturated carbocycles. The zero-order valence-electron chi connectivity index (χ0n) is 10.5. The predicted octanol–water partition coefficient (Wildman–Crippen LogP) is 2.51. The summed E-state index contributed by atoms with van der Waals surface area (Å²) in [6.45, 7) is 6.68. The Kier molecular flexibility index (Phi) is 2.94. The maximum atomic E-state index is 5.80. The second-order valence-electron chi connectivity index (χ2n) is 5.86. The van der Waals surface area contributed by atoms with E-state index in [1.165, 1.54) is 17.5 Å². The Morgan fingerprint density at radius 2 is 2.00 bits per heavy atom. The van der Waals surface area contributed by atoms with Crippen molar-refractivity contribution in [1.29, 1.82) is 0 Å². The Morgan fingerprint density at radius 3 is 2.69 bits per heavy atom. The fourth-order valence-electron chi connectivity index (χ4n) is 2.51. The molecule has 1 aliphatic rings. The fraction of sp³-hybridized carbons (Fsp3) is 0.571. The third-order valence-corrected chi connectivity index (χ3v) is 3.10. The van der Waals surface area contributed by atoms with Crippen molar-refractivity contribution in [3.63, 3.8) is 0 Å². The van der Waals surface area contributed by atoms with E-state index < -0.39 is 0 Å². The zero-order chi connectivity index (χ0) is 11.8. The third-order valence-electron chi connectivity index (χ3n) is 3.10. The van der Waals surface area contributed by atoms with Crippen LogP contribution < -0.4 is 11.1 Å². The van der Waals surface area contributed by atoms with Crippen molar-refractivity contribution in [2.75, 3.05) is 5.73 Å². The summed E-state index contributed by atoms with van der Waals surface area (Å²) in [5.74, 6) is 0. The molecule has 2 rings (SSSR count). The lowest BCUT2D eigenvalue weighted by atomic mass is 9.87. The molecular weight excluding hydrogens is 196 g/mol. The molecule has 0 heterocycles. The van der Waals surface area contributed by atoms with Gasteiger partial charge in [0.15, 0.2) is 0 Å². The Balaban J connectivity index is 2.09. The van der Waals surface area contributed by atoms with E-state index >= 15 is 0 Å². The minimum absolute atomic E-state index is 0.204. The molecule has 1 atom stereocenters. The Bertz CT molecular complexity index is 377. The Hall–Kier alpha value is -1.02. The lowest BCUT2D eigenvalue weighted by molar-refractivity contribution is 0.335. The molecule has 0 amide bonds. The highest BCUT2D eigenvalue weighted by Gasteiger charge is 2.22. The molecule has 0 aliphatic heterocycles. The highest BCUT2D eigenvalue weighted by atomic mass is 15.0. The van der Waals surface area contributed by atoms with E-state index in [0.717, 1.165) is 18.5 Å². The topological polar surface area (TPSA) is 38.0 Å². The van der Waals surface area contributed by atoms with Crippen LogP contribution in [-0.2, 0) is 12.8 Å². The second-order valence-corrected chi connectivity index (χ2v) is 5.86. The molecule has 1 unspecified atom stereocenters. The van der Waals surface area contributed by atoms with Crippen LogP contribution >= 0.6 is 0 Å². The van der Waals surface area contributed by atoms with E-state index in [0.29, 0.717) is 6.04 Å². The molecule has 3 N–H and O–H groups in total. The minimum atomic E-state index is 0.204. The zero-order valence-corrected chi connectivity index (χ0v) is 10.5. The molecule has 2 heteroatoms. The molecule has 88 valence electrons. The van der Waals surface area contributed by atoms with Gasteiger partial charge in [-0.1, -0.05) is 6.07 Å². The van der Waals surface area contributed by atoms with Gasteiger partial charge in [-0.2, -0.15) is 0 Å². The number of nitrogens with one attached hydrogen (secondary N) is 1. The van der Waals surface area contributed by atoms with E-state index in [4.69, 9.17) is 5.73 Å². The largest absolute Gasteiger partial charge is 0.399 e. The fourth-order valence-corrected chi connectivity index (χ4v) is 2.51. The number of anilines is 1. The van der Waals surface area contributed by atoms with E-state index in [2.05, 4.69) is 38.2 Å². The third kappa shape index (κ3) is 2.76. The van der Waals surface area contributed by atoms with Crippen LogP contribution in [0.3, 0.4) is 0 Å². The number of hydrogen-bond acceptors (Lipinski definition) is 2. The second kappa shape index (κ2) is 4.10. The summed E-state index contributed by atoms with van der Waals surface area (Å²) in [5.41, 5.74) is 9.79. The maximum Gasteiger partial charge on any atom is 0.0316 e. The van der Waals surface area contributed by atoms with Crippen LogP contribution in [0.4, 0.5) is 5.69 Å². The predicted molar refractivity (Wildman–Crippen MR) is 69.6 cm³/mol. The minimum Gasteiger partial charge on any atom is -0.399 e. The molecule has 1 aromatic rings. The molecule has 0 aromatic heterocycles. The van der Waals surface area contributed by atoms with Gasteiger partial charge in [0.05, 0.1) is 0 Å². The summed E-state index contributed by atoms with van der Waals surface area (Å²) in [4.78, 5) is 0. The Labute approximate surface area is 98.2 Å². The van der Waals surface area contributed by atoms with Gasteiger partial charge in [-0.25, -0.2) is 0 Å². The van der Waals surface area contributed by atoms with Gasteiger partial charge in [0.1, 0.15) is 0 Å². The highest BCUT2D eigenvalue weighted by Crippen LogP contribution is 2.24. The van der Waals surface area contributed by atoms with Gasteiger partial charge in [0, 0.05) is 17.3 Å². The molecule has 16 heavy (non-hydrogen) atoms. The molecule has 0 spiro atoms. The molecule has 0 saturated heterocycles. The van der Waals surface area contributed by atoms with E-state index in [1.807, 2.05) is 6.07 Å². The van der Waals surface area contributed by atoms with Gasteiger partial charge in [-0.05, 0) is 63.3 Å². The first-order chi connectivity index (χ1) is 7.44. The van der Waals surface area contributed by atoms with Crippen LogP contribution in [0.1, 0.15) is 38.3 Å². The smallest absolute Gasteiger partial charge is 0.0316 e. The van der Waals surface area contributed by atoms with Crippen LogP contribution in [0.5, 0.6) is 0 Å². The van der Waals surface area contributed by atoms with Gasteiger partial charge < -0.3 is 11.1 Å². The molecule has 1 aromatic carbocycles. The molecular formula is C14H22N2. The lowest BCUT2D eigenvalue weighted by Gasteiger charge is -2.32. The SMILES string of the molecule is CC(C)(C)NC1CCc2cc(N)ccc2C1. The molecule has 0 bridgehead atoms. The first-order valence-electron chi connectivity index (χ1n) is 6.09. The normalized spacial score (nSPS) is 20.6. The van der Waals surface area contributed by atoms with Crippen LogP contribution in [0.15, 0.2) is 18.2 Å². The van der Waals surface area contributed by atoms with Crippen molar-refractivity contribution in [1.82, 2.24) is 5.32 Å². The summed E-state index contributed by atoms with van der Waals surface area (Å²) < 4.78 is 0. The van der Waals surface area contributed by atoms with Crippen LogP contribution in [0.25, 0.3) is 0 Å². The van der Waals surface area contributed by atoms with E-state index in [-0.39, 0.29) is 5.54 Å². The monoisotopic (exact) mass is 218 g/mol. The quantitative estimate of drug-likeness (QED) is 0.711.